The summed E-state index contributed by atoms with van der Waals surface area (Å²) in [5.74, 6) is 0.186. The van der Waals surface area contributed by atoms with Crippen LogP contribution in [0.1, 0.15) is 37.7 Å². The zero-order chi connectivity index (χ0) is 21.3. The number of fused-ring (bicyclic) bond motifs is 1. The Morgan fingerprint density at radius 1 is 1.27 bits per heavy atom. The van der Waals surface area contributed by atoms with Crippen molar-refractivity contribution in [1.29, 1.82) is 0 Å². The fraction of sp³-hybridized carbons (Fsp3) is 0.316. The number of hydrogen-bond acceptors (Lipinski definition) is 7. The van der Waals surface area contributed by atoms with Crippen LogP contribution in [-0.4, -0.2) is 32.6 Å². The molecule has 0 fully saturated rings. The Labute approximate surface area is 174 Å². The molecule has 0 aliphatic carbocycles. The summed E-state index contributed by atoms with van der Waals surface area (Å²) in [5.41, 5.74) is 2.99. The van der Waals surface area contributed by atoms with Crippen molar-refractivity contribution in [2.75, 3.05) is 11.4 Å². The van der Waals surface area contributed by atoms with Crippen molar-refractivity contribution in [3.63, 3.8) is 0 Å². The van der Waals surface area contributed by atoms with E-state index in [1.165, 1.54) is 11.3 Å². The number of halogens is 3. The highest BCUT2D eigenvalue weighted by atomic mass is 32.1. The average Bonchev–Trinajstić information content (AvgIpc) is 3.24. The van der Waals surface area contributed by atoms with E-state index in [0.29, 0.717) is 36.6 Å². The number of pyridine rings is 1. The van der Waals surface area contributed by atoms with Gasteiger partial charge in [-0.2, -0.15) is 13.2 Å². The zero-order valence-electron chi connectivity index (χ0n) is 15.9. The number of nitrogens with one attached hydrogen (secondary N) is 1. The van der Waals surface area contributed by atoms with Crippen LogP contribution in [-0.2, 0) is 25.7 Å². The second-order valence-electron chi connectivity index (χ2n) is 6.89. The molecular formula is C19H17F3N6OS. The molecule has 3 aromatic rings. The van der Waals surface area contributed by atoms with Gasteiger partial charge in [0.15, 0.2) is 11.5 Å². The van der Waals surface area contributed by atoms with E-state index in [2.05, 4.69) is 25.5 Å². The molecule has 1 aliphatic heterocycles. The number of aryl methyl sites for hydroxylation is 1. The largest absolute Gasteiger partial charge is 0.417 e. The molecule has 0 radical (unpaired) electrons. The van der Waals surface area contributed by atoms with Crippen LogP contribution in [0, 0.1) is 6.92 Å². The van der Waals surface area contributed by atoms with Gasteiger partial charge in [0.1, 0.15) is 0 Å². The molecule has 11 heteroatoms. The number of amides is 1. The number of alkyl halides is 3. The Morgan fingerprint density at radius 3 is 2.80 bits per heavy atom. The minimum Gasteiger partial charge on any atom is -0.350 e. The maximum Gasteiger partial charge on any atom is 0.417 e. The fourth-order valence-corrected chi connectivity index (χ4v) is 3.79. The van der Waals surface area contributed by atoms with Crippen molar-refractivity contribution in [2.24, 2.45) is 0 Å². The van der Waals surface area contributed by atoms with Gasteiger partial charge in [-0.25, -0.2) is 0 Å². The minimum absolute atomic E-state index is 0.180. The topological polar surface area (TPSA) is 83.9 Å². The lowest BCUT2D eigenvalue weighted by molar-refractivity contribution is -0.137. The Kier molecular flexibility index (Phi) is 5.37. The lowest BCUT2D eigenvalue weighted by Crippen LogP contribution is -2.33. The predicted molar refractivity (Wildman–Crippen MR) is 104 cm³/mol. The van der Waals surface area contributed by atoms with E-state index in [1.807, 2.05) is 4.90 Å². The summed E-state index contributed by atoms with van der Waals surface area (Å²) in [4.78, 5) is 23.0. The van der Waals surface area contributed by atoms with Crippen molar-refractivity contribution in [3.8, 4) is 0 Å². The van der Waals surface area contributed by atoms with Gasteiger partial charge in [0.2, 0.25) is 0 Å². The van der Waals surface area contributed by atoms with Gasteiger partial charge in [0.25, 0.3) is 5.91 Å². The van der Waals surface area contributed by atoms with Gasteiger partial charge < -0.3 is 10.2 Å². The van der Waals surface area contributed by atoms with E-state index >= 15 is 0 Å². The van der Waals surface area contributed by atoms with Gasteiger partial charge >= 0.3 is 6.18 Å². The van der Waals surface area contributed by atoms with Crippen molar-refractivity contribution in [3.05, 3.63) is 63.0 Å². The Hall–Kier alpha value is -3.08. The lowest BCUT2D eigenvalue weighted by Gasteiger charge is -2.30. The molecule has 30 heavy (non-hydrogen) atoms. The molecule has 7 nitrogen and oxygen atoms in total. The monoisotopic (exact) mass is 434 g/mol. The van der Waals surface area contributed by atoms with Crippen molar-refractivity contribution < 1.29 is 18.0 Å². The standard InChI is InChI=1S/C19H17F3N6OS/c1-11-4-16(18(29)25-8-14-7-23-10-30-14)26-27-17(11)28-3-2-15-12(9-28)5-13(6-24-15)19(20,21)22/h4-7,10H,2-3,8-9H2,1H3,(H,25,29). The Morgan fingerprint density at radius 2 is 2.10 bits per heavy atom. The van der Waals surface area contributed by atoms with E-state index in [1.54, 1.807) is 24.7 Å². The summed E-state index contributed by atoms with van der Waals surface area (Å²) in [6.07, 6.45) is -1.38. The summed E-state index contributed by atoms with van der Waals surface area (Å²) in [5, 5.41) is 11.0. The zero-order valence-corrected chi connectivity index (χ0v) is 16.7. The summed E-state index contributed by atoms with van der Waals surface area (Å²) in [7, 11) is 0. The van der Waals surface area contributed by atoms with Crippen molar-refractivity contribution in [2.45, 2.75) is 32.6 Å². The lowest BCUT2D eigenvalue weighted by atomic mass is 10.0. The van der Waals surface area contributed by atoms with Crippen LogP contribution >= 0.6 is 11.3 Å². The van der Waals surface area contributed by atoms with Crippen LogP contribution in [0.15, 0.2) is 30.0 Å². The first-order valence-corrected chi connectivity index (χ1v) is 9.99. The summed E-state index contributed by atoms with van der Waals surface area (Å²) < 4.78 is 39.0. The molecule has 156 valence electrons. The van der Waals surface area contributed by atoms with Crippen LogP contribution in [0.3, 0.4) is 0 Å². The molecule has 4 rings (SSSR count). The molecule has 1 amide bonds. The number of aromatic nitrogens is 4. The van der Waals surface area contributed by atoms with Crippen LogP contribution in [0.25, 0.3) is 0 Å². The molecule has 1 N–H and O–H groups in total. The number of carbonyl (C=O) groups excluding carboxylic acids is 1. The normalized spacial score (nSPS) is 13.8. The van der Waals surface area contributed by atoms with Crippen molar-refractivity contribution >= 4 is 23.1 Å². The molecular weight excluding hydrogens is 417 g/mol. The molecule has 1 aliphatic rings. The molecule has 0 spiro atoms. The minimum atomic E-state index is -4.44. The van der Waals surface area contributed by atoms with Gasteiger partial charge in [-0.05, 0) is 30.2 Å². The molecule has 0 saturated carbocycles. The Balaban J connectivity index is 1.49. The molecule has 0 aromatic carbocycles. The van der Waals surface area contributed by atoms with Crippen LogP contribution < -0.4 is 10.2 Å². The molecule has 4 heterocycles. The van der Waals surface area contributed by atoms with Crippen molar-refractivity contribution in [1.82, 2.24) is 25.5 Å². The van der Waals surface area contributed by atoms with E-state index in [0.717, 1.165) is 22.7 Å². The highest BCUT2D eigenvalue weighted by Gasteiger charge is 2.32. The smallest absolute Gasteiger partial charge is 0.350 e. The highest BCUT2D eigenvalue weighted by molar-refractivity contribution is 7.09. The van der Waals surface area contributed by atoms with E-state index in [4.69, 9.17) is 0 Å². The second-order valence-corrected chi connectivity index (χ2v) is 7.86. The number of thiazole rings is 1. The number of nitrogens with zero attached hydrogens (tertiary/aromatic N) is 5. The second kappa shape index (κ2) is 7.98. The third-order valence-electron chi connectivity index (χ3n) is 4.76. The highest BCUT2D eigenvalue weighted by Crippen LogP contribution is 2.32. The first-order chi connectivity index (χ1) is 14.3. The predicted octanol–water partition coefficient (Wildman–Crippen LogP) is 3.15. The fourth-order valence-electron chi connectivity index (χ4n) is 3.25. The van der Waals surface area contributed by atoms with Gasteiger partial charge in [-0.15, -0.1) is 21.5 Å². The number of rotatable bonds is 4. The van der Waals surface area contributed by atoms with Crippen LogP contribution in [0.5, 0.6) is 0 Å². The van der Waals surface area contributed by atoms with E-state index < -0.39 is 11.7 Å². The van der Waals surface area contributed by atoms with E-state index in [-0.39, 0.29) is 18.1 Å². The molecule has 0 bridgehead atoms. The van der Waals surface area contributed by atoms with Gasteiger partial charge in [0, 0.05) is 42.5 Å². The third-order valence-corrected chi connectivity index (χ3v) is 5.54. The summed E-state index contributed by atoms with van der Waals surface area (Å²) >= 11 is 1.44. The third kappa shape index (κ3) is 4.25. The first-order valence-electron chi connectivity index (χ1n) is 9.11. The van der Waals surface area contributed by atoms with Gasteiger partial charge in [0.05, 0.1) is 17.6 Å². The molecule has 0 atom stereocenters. The van der Waals surface area contributed by atoms with Gasteiger partial charge in [-0.3, -0.25) is 14.8 Å². The van der Waals surface area contributed by atoms with E-state index in [9.17, 15) is 18.0 Å². The number of hydrogen-bond donors (Lipinski definition) is 1. The van der Waals surface area contributed by atoms with Gasteiger partial charge in [-0.1, -0.05) is 0 Å². The Bertz CT molecular complexity index is 1070. The number of carbonyl (C=O) groups is 1. The number of anilines is 1. The van der Waals surface area contributed by atoms with Crippen LogP contribution in [0.4, 0.5) is 19.0 Å². The maximum absolute atomic E-state index is 13.0. The summed E-state index contributed by atoms with van der Waals surface area (Å²) in [6.45, 7) is 2.95. The SMILES string of the molecule is Cc1cc(C(=O)NCc2cncs2)nnc1N1CCc2ncc(C(F)(F)F)cc2C1. The molecule has 3 aromatic heterocycles. The average molecular weight is 434 g/mol. The molecule has 0 saturated heterocycles. The quantitative estimate of drug-likeness (QED) is 0.679. The molecule has 0 unspecified atom stereocenters. The van der Waals surface area contributed by atoms with Crippen LogP contribution in [0.2, 0.25) is 0 Å². The maximum atomic E-state index is 13.0. The first kappa shape index (κ1) is 20.2. The summed E-state index contributed by atoms with van der Waals surface area (Å²) in [6, 6.07) is 2.77.